The second-order valence-electron chi connectivity index (χ2n) is 6.22. The largest absolute Gasteiger partial charge is 0.461 e. The summed E-state index contributed by atoms with van der Waals surface area (Å²) in [5.74, 6) is -0.252. The molecule has 124 valence electrons. The van der Waals surface area contributed by atoms with Gasteiger partial charge >= 0.3 is 5.97 Å². The van der Waals surface area contributed by atoms with E-state index in [4.69, 9.17) is 4.74 Å². The normalized spacial score (nSPS) is 18.8. The minimum atomic E-state index is -0.334. The van der Waals surface area contributed by atoms with Crippen molar-refractivity contribution in [1.29, 1.82) is 0 Å². The van der Waals surface area contributed by atoms with Crippen LogP contribution in [0.1, 0.15) is 31.2 Å². The van der Waals surface area contributed by atoms with Gasteiger partial charge in [0.05, 0.1) is 5.92 Å². The van der Waals surface area contributed by atoms with Crippen molar-refractivity contribution in [3.63, 3.8) is 0 Å². The van der Waals surface area contributed by atoms with E-state index in [9.17, 15) is 14.0 Å². The molecule has 4 nitrogen and oxygen atoms in total. The second kappa shape index (κ2) is 6.99. The van der Waals surface area contributed by atoms with Gasteiger partial charge in [0, 0.05) is 29.0 Å². The topological polar surface area (TPSA) is 46.6 Å². The van der Waals surface area contributed by atoms with Crippen molar-refractivity contribution >= 4 is 27.8 Å². The molecule has 0 atom stereocenters. The minimum absolute atomic E-state index is 0.126. The summed E-state index contributed by atoms with van der Waals surface area (Å²) in [6.07, 6.45) is 3.32. The minimum Gasteiger partial charge on any atom is -0.461 e. The summed E-state index contributed by atoms with van der Waals surface area (Å²) in [5.41, 5.74) is 0.737. The standard InChI is InChI=1S/C17H19BrFNO3/c18-15-9-14(19)4-3-13(15)10-23-17(22)12-5-7-20(8-6-12)16(21)11-1-2-11/h3-4,9,11-12H,1-2,5-8,10H2. The highest BCUT2D eigenvalue weighted by Crippen LogP contribution is 2.32. The number of amides is 1. The SMILES string of the molecule is O=C(OCc1ccc(F)cc1Br)C1CCN(C(=O)C2CC2)CC1. The fourth-order valence-electron chi connectivity index (χ4n) is 2.83. The van der Waals surface area contributed by atoms with Gasteiger partial charge in [-0.05, 0) is 37.8 Å². The lowest BCUT2D eigenvalue weighted by Crippen LogP contribution is -2.41. The number of ether oxygens (including phenoxy) is 1. The van der Waals surface area contributed by atoms with Crippen LogP contribution in [-0.2, 0) is 20.9 Å². The Morgan fingerprint density at radius 1 is 1.17 bits per heavy atom. The number of esters is 1. The number of nitrogens with zero attached hydrogens (tertiary/aromatic N) is 1. The van der Waals surface area contributed by atoms with Crippen molar-refractivity contribution < 1.29 is 18.7 Å². The van der Waals surface area contributed by atoms with Crippen LogP contribution in [0.3, 0.4) is 0 Å². The van der Waals surface area contributed by atoms with Crippen molar-refractivity contribution in [2.75, 3.05) is 13.1 Å². The molecule has 0 unspecified atom stereocenters. The predicted octanol–water partition coefficient (Wildman–Crippen LogP) is 3.28. The molecule has 0 spiro atoms. The van der Waals surface area contributed by atoms with E-state index in [1.807, 2.05) is 4.90 Å². The van der Waals surface area contributed by atoms with Crippen molar-refractivity contribution in [1.82, 2.24) is 4.90 Å². The van der Waals surface area contributed by atoms with Gasteiger partial charge in [0.15, 0.2) is 0 Å². The summed E-state index contributed by atoms with van der Waals surface area (Å²) in [6, 6.07) is 4.30. The van der Waals surface area contributed by atoms with Crippen LogP contribution < -0.4 is 0 Å². The molecule has 1 aliphatic carbocycles. The van der Waals surface area contributed by atoms with Crippen LogP contribution in [-0.4, -0.2) is 29.9 Å². The van der Waals surface area contributed by atoms with Gasteiger partial charge in [-0.15, -0.1) is 0 Å². The van der Waals surface area contributed by atoms with Crippen molar-refractivity contribution in [2.24, 2.45) is 11.8 Å². The van der Waals surface area contributed by atoms with Crippen LogP contribution in [0.2, 0.25) is 0 Å². The number of likely N-dealkylation sites (tertiary alicyclic amines) is 1. The zero-order chi connectivity index (χ0) is 16.4. The summed E-state index contributed by atoms with van der Waals surface area (Å²) < 4.78 is 19.0. The van der Waals surface area contributed by atoms with E-state index in [0.29, 0.717) is 30.4 Å². The molecule has 2 aliphatic rings. The summed E-state index contributed by atoms with van der Waals surface area (Å²) in [5, 5.41) is 0. The maximum absolute atomic E-state index is 13.0. The maximum Gasteiger partial charge on any atom is 0.309 e. The Bertz CT molecular complexity index is 610. The average Bonchev–Trinajstić information content (AvgIpc) is 3.38. The van der Waals surface area contributed by atoms with Gasteiger partial charge in [-0.2, -0.15) is 0 Å². The first-order valence-corrected chi connectivity index (χ1v) is 8.73. The molecule has 3 rings (SSSR count). The van der Waals surface area contributed by atoms with Crippen molar-refractivity contribution in [3.05, 3.63) is 34.1 Å². The number of hydrogen-bond donors (Lipinski definition) is 0. The third-order valence-electron chi connectivity index (χ3n) is 4.45. The summed E-state index contributed by atoms with van der Waals surface area (Å²) in [6.45, 7) is 1.39. The molecule has 0 radical (unpaired) electrons. The molecular weight excluding hydrogens is 365 g/mol. The van der Waals surface area contributed by atoms with E-state index in [0.717, 1.165) is 18.4 Å². The molecule has 1 heterocycles. The molecule has 1 aromatic carbocycles. The Morgan fingerprint density at radius 2 is 1.87 bits per heavy atom. The van der Waals surface area contributed by atoms with Crippen LogP contribution in [0.4, 0.5) is 4.39 Å². The number of halogens is 2. The summed E-state index contributed by atoms with van der Waals surface area (Å²) in [4.78, 5) is 26.0. The van der Waals surface area contributed by atoms with Crippen LogP contribution in [0, 0.1) is 17.7 Å². The smallest absolute Gasteiger partial charge is 0.309 e. The van der Waals surface area contributed by atoms with Crippen LogP contribution >= 0.6 is 15.9 Å². The van der Waals surface area contributed by atoms with E-state index >= 15 is 0 Å². The van der Waals surface area contributed by atoms with E-state index in [-0.39, 0.29) is 36.1 Å². The average molecular weight is 384 g/mol. The Hall–Kier alpha value is -1.43. The van der Waals surface area contributed by atoms with E-state index < -0.39 is 0 Å². The molecule has 6 heteroatoms. The van der Waals surface area contributed by atoms with Gasteiger partial charge in [0.2, 0.25) is 5.91 Å². The fraction of sp³-hybridized carbons (Fsp3) is 0.529. The molecular formula is C17H19BrFNO3. The van der Waals surface area contributed by atoms with E-state index in [2.05, 4.69) is 15.9 Å². The van der Waals surface area contributed by atoms with E-state index in [1.165, 1.54) is 12.1 Å². The molecule has 0 N–H and O–H groups in total. The Labute approximate surface area is 143 Å². The molecule has 23 heavy (non-hydrogen) atoms. The Kier molecular flexibility index (Phi) is 4.99. The predicted molar refractivity (Wildman–Crippen MR) is 85.9 cm³/mol. The third kappa shape index (κ3) is 4.10. The molecule has 1 aromatic rings. The lowest BCUT2D eigenvalue weighted by atomic mass is 9.96. The highest BCUT2D eigenvalue weighted by Gasteiger charge is 2.36. The maximum atomic E-state index is 13.0. The van der Waals surface area contributed by atoms with Crippen LogP contribution in [0.15, 0.2) is 22.7 Å². The second-order valence-corrected chi connectivity index (χ2v) is 7.07. The molecule has 0 bridgehead atoms. The lowest BCUT2D eigenvalue weighted by Gasteiger charge is -2.31. The zero-order valence-corrected chi connectivity index (χ0v) is 14.4. The number of piperidine rings is 1. The fourth-order valence-corrected chi connectivity index (χ4v) is 3.29. The number of carbonyl (C=O) groups is 2. The molecule has 1 saturated carbocycles. The van der Waals surface area contributed by atoms with Gasteiger partial charge in [0.25, 0.3) is 0 Å². The van der Waals surface area contributed by atoms with Gasteiger partial charge in [0.1, 0.15) is 12.4 Å². The quantitative estimate of drug-likeness (QED) is 0.749. The molecule has 1 aliphatic heterocycles. The van der Waals surface area contributed by atoms with Gasteiger partial charge < -0.3 is 9.64 Å². The molecule has 2 fully saturated rings. The molecule has 0 aromatic heterocycles. The Morgan fingerprint density at radius 3 is 2.48 bits per heavy atom. The van der Waals surface area contributed by atoms with Crippen molar-refractivity contribution in [3.8, 4) is 0 Å². The number of rotatable bonds is 4. The number of benzene rings is 1. The van der Waals surface area contributed by atoms with Crippen molar-refractivity contribution in [2.45, 2.75) is 32.3 Å². The Balaban J connectivity index is 1.46. The van der Waals surface area contributed by atoms with Crippen LogP contribution in [0.25, 0.3) is 0 Å². The molecule has 1 saturated heterocycles. The zero-order valence-electron chi connectivity index (χ0n) is 12.8. The lowest BCUT2D eigenvalue weighted by molar-refractivity contribution is -0.153. The first kappa shape index (κ1) is 16.4. The number of carbonyl (C=O) groups excluding carboxylic acids is 2. The van der Waals surface area contributed by atoms with Gasteiger partial charge in [-0.3, -0.25) is 9.59 Å². The van der Waals surface area contributed by atoms with E-state index in [1.54, 1.807) is 6.07 Å². The highest BCUT2D eigenvalue weighted by molar-refractivity contribution is 9.10. The third-order valence-corrected chi connectivity index (χ3v) is 5.19. The first-order chi connectivity index (χ1) is 11.0. The van der Waals surface area contributed by atoms with Gasteiger partial charge in [-0.1, -0.05) is 22.0 Å². The number of hydrogen-bond acceptors (Lipinski definition) is 3. The van der Waals surface area contributed by atoms with Gasteiger partial charge in [-0.25, -0.2) is 4.39 Å². The monoisotopic (exact) mass is 383 g/mol. The summed E-state index contributed by atoms with van der Waals surface area (Å²) in [7, 11) is 0. The highest BCUT2D eigenvalue weighted by atomic mass is 79.9. The molecule has 1 amide bonds. The summed E-state index contributed by atoms with van der Waals surface area (Å²) >= 11 is 3.26. The first-order valence-electron chi connectivity index (χ1n) is 7.94. The van der Waals surface area contributed by atoms with Crippen LogP contribution in [0.5, 0.6) is 0 Å².